The van der Waals surface area contributed by atoms with Gasteiger partial charge in [0.05, 0.1) is 12.8 Å². The summed E-state index contributed by atoms with van der Waals surface area (Å²) < 4.78 is 10.2. The van der Waals surface area contributed by atoms with Crippen LogP contribution in [0.1, 0.15) is 32.3 Å². The number of hydrogen-bond donors (Lipinski definition) is 0. The number of rotatable bonds is 1. The fraction of sp³-hybridized carbons (Fsp3) is 0.467. The Bertz CT molecular complexity index is 533. The lowest BCUT2D eigenvalue weighted by molar-refractivity contribution is -0.142. The van der Waals surface area contributed by atoms with Gasteiger partial charge in [0.25, 0.3) is 0 Å². The maximum atomic E-state index is 12.2. The predicted molar refractivity (Wildman–Crippen MR) is 74.8 cm³/mol. The molecule has 0 N–H and O–H groups in total. The average molecular weight is 277 g/mol. The van der Waals surface area contributed by atoms with Gasteiger partial charge in [0, 0.05) is 6.54 Å². The van der Waals surface area contributed by atoms with Crippen molar-refractivity contribution in [2.75, 3.05) is 18.6 Å². The number of benzene rings is 1. The van der Waals surface area contributed by atoms with E-state index in [0.29, 0.717) is 5.69 Å². The van der Waals surface area contributed by atoms with E-state index in [1.165, 1.54) is 12.0 Å². The molecule has 2 rings (SSSR count). The third-order valence-electron chi connectivity index (χ3n) is 3.07. The lowest BCUT2D eigenvalue weighted by Gasteiger charge is -2.24. The van der Waals surface area contributed by atoms with E-state index >= 15 is 0 Å². The van der Waals surface area contributed by atoms with Gasteiger partial charge in [-0.25, -0.2) is 4.79 Å². The maximum absolute atomic E-state index is 12.2. The number of para-hydroxylation sites is 1. The van der Waals surface area contributed by atoms with Crippen LogP contribution in [0.25, 0.3) is 0 Å². The number of carbonyl (C=O) groups is 2. The number of esters is 1. The van der Waals surface area contributed by atoms with Crippen molar-refractivity contribution < 1.29 is 19.1 Å². The topological polar surface area (TPSA) is 55.8 Å². The molecule has 108 valence electrons. The zero-order valence-corrected chi connectivity index (χ0v) is 12.2. The molecule has 0 aromatic heterocycles. The SMILES string of the molecule is COC(=O)[C@@H]1CN(C(=O)OC(C)(C)C)c2ccccc21. The second-order valence-electron chi connectivity index (χ2n) is 5.73. The van der Waals surface area contributed by atoms with Gasteiger partial charge in [-0.15, -0.1) is 0 Å². The fourth-order valence-electron chi connectivity index (χ4n) is 2.24. The quantitative estimate of drug-likeness (QED) is 0.741. The molecule has 1 amide bonds. The second-order valence-corrected chi connectivity index (χ2v) is 5.73. The Morgan fingerprint density at radius 3 is 2.50 bits per heavy atom. The molecule has 20 heavy (non-hydrogen) atoms. The molecule has 5 heteroatoms. The van der Waals surface area contributed by atoms with Gasteiger partial charge in [-0.2, -0.15) is 0 Å². The van der Waals surface area contributed by atoms with Crippen molar-refractivity contribution in [3.8, 4) is 0 Å². The molecule has 1 heterocycles. The Labute approximate surface area is 118 Å². The van der Waals surface area contributed by atoms with E-state index < -0.39 is 17.6 Å². The molecule has 1 aliphatic heterocycles. The van der Waals surface area contributed by atoms with Gasteiger partial charge in [0.1, 0.15) is 11.5 Å². The van der Waals surface area contributed by atoms with Gasteiger partial charge in [0.15, 0.2) is 0 Å². The molecule has 0 aliphatic carbocycles. The smallest absolute Gasteiger partial charge is 0.414 e. The number of carbonyl (C=O) groups excluding carboxylic acids is 2. The van der Waals surface area contributed by atoms with E-state index in [-0.39, 0.29) is 12.5 Å². The van der Waals surface area contributed by atoms with Gasteiger partial charge in [-0.1, -0.05) is 18.2 Å². The van der Waals surface area contributed by atoms with E-state index in [1.807, 2.05) is 45.0 Å². The van der Waals surface area contributed by atoms with Gasteiger partial charge in [0.2, 0.25) is 0 Å². The van der Waals surface area contributed by atoms with Crippen LogP contribution in [-0.4, -0.2) is 31.3 Å². The summed E-state index contributed by atoms with van der Waals surface area (Å²) in [4.78, 5) is 25.5. The molecule has 0 fully saturated rings. The number of ether oxygens (including phenoxy) is 2. The molecule has 1 aromatic rings. The van der Waals surface area contributed by atoms with Crippen LogP contribution in [0.15, 0.2) is 24.3 Å². The number of amides is 1. The summed E-state index contributed by atoms with van der Waals surface area (Å²) in [5, 5.41) is 0. The van der Waals surface area contributed by atoms with Crippen molar-refractivity contribution >= 4 is 17.7 Å². The number of methoxy groups -OCH3 is 1. The van der Waals surface area contributed by atoms with Gasteiger partial charge >= 0.3 is 12.1 Å². The summed E-state index contributed by atoms with van der Waals surface area (Å²) in [7, 11) is 1.35. The summed E-state index contributed by atoms with van der Waals surface area (Å²) in [5.41, 5.74) is 0.928. The molecule has 1 atom stereocenters. The number of hydrogen-bond acceptors (Lipinski definition) is 4. The van der Waals surface area contributed by atoms with Gasteiger partial charge in [-0.3, -0.25) is 9.69 Å². The van der Waals surface area contributed by atoms with Gasteiger partial charge < -0.3 is 9.47 Å². The zero-order chi connectivity index (χ0) is 14.9. The summed E-state index contributed by atoms with van der Waals surface area (Å²) in [6.45, 7) is 5.68. The molecule has 0 unspecified atom stereocenters. The Morgan fingerprint density at radius 1 is 1.25 bits per heavy atom. The largest absolute Gasteiger partial charge is 0.468 e. The molecule has 1 aliphatic rings. The second kappa shape index (κ2) is 5.15. The molecular weight excluding hydrogens is 258 g/mol. The number of nitrogens with zero attached hydrogens (tertiary/aromatic N) is 1. The molecule has 0 spiro atoms. The van der Waals surface area contributed by atoms with E-state index in [9.17, 15) is 9.59 Å². The van der Waals surface area contributed by atoms with Crippen molar-refractivity contribution in [1.29, 1.82) is 0 Å². The van der Waals surface area contributed by atoms with Crippen LogP contribution in [-0.2, 0) is 14.3 Å². The van der Waals surface area contributed by atoms with Crippen LogP contribution < -0.4 is 4.90 Å². The lowest BCUT2D eigenvalue weighted by Crippen LogP contribution is -2.37. The molecule has 5 nitrogen and oxygen atoms in total. The van der Waals surface area contributed by atoms with E-state index in [1.54, 1.807) is 0 Å². The van der Waals surface area contributed by atoms with Crippen LogP contribution in [0.5, 0.6) is 0 Å². The van der Waals surface area contributed by atoms with Crippen LogP contribution in [0.4, 0.5) is 10.5 Å². The average Bonchev–Trinajstić information content (AvgIpc) is 2.75. The third kappa shape index (κ3) is 2.76. The molecular formula is C15H19NO4. The van der Waals surface area contributed by atoms with Crippen molar-refractivity contribution in [2.24, 2.45) is 0 Å². The van der Waals surface area contributed by atoms with E-state index in [4.69, 9.17) is 9.47 Å². The molecule has 0 bridgehead atoms. The summed E-state index contributed by atoms with van der Waals surface area (Å²) in [6, 6.07) is 7.31. The molecule has 0 radical (unpaired) electrons. The normalized spacial score (nSPS) is 17.6. The van der Waals surface area contributed by atoms with Crippen LogP contribution in [0.2, 0.25) is 0 Å². The highest BCUT2D eigenvalue weighted by atomic mass is 16.6. The summed E-state index contributed by atoms with van der Waals surface area (Å²) >= 11 is 0. The van der Waals surface area contributed by atoms with Crippen molar-refractivity contribution in [2.45, 2.75) is 32.3 Å². The fourth-order valence-corrected chi connectivity index (χ4v) is 2.24. The van der Waals surface area contributed by atoms with Gasteiger partial charge in [-0.05, 0) is 32.4 Å². The first kappa shape index (κ1) is 14.4. The van der Waals surface area contributed by atoms with E-state index in [0.717, 1.165) is 5.56 Å². The Morgan fingerprint density at radius 2 is 1.90 bits per heavy atom. The summed E-state index contributed by atoms with van der Waals surface area (Å²) in [5.74, 6) is -0.799. The lowest BCUT2D eigenvalue weighted by atomic mass is 10.0. The monoisotopic (exact) mass is 277 g/mol. The van der Waals surface area contributed by atoms with Crippen LogP contribution in [0.3, 0.4) is 0 Å². The molecule has 1 aromatic carbocycles. The first-order valence-electron chi connectivity index (χ1n) is 6.51. The van der Waals surface area contributed by atoms with Crippen molar-refractivity contribution in [3.05, 3.63) is 29.8 Å². The highest BCUT2D eigenvalue weighted by molar-refractivity contribution is 5.95. The minimum Gasteiger partial charge on any atom is -0.468 e. The Hall–Kier alpha value is -2.04. The Balaban J connectivity index is 2.30. The van der Waals surface area contributed by atoms with Crippen LogP contribution >= 0.6 is 0 Å². The Kier molecular flexibility index (Phi) is 3.70. The first-order chi connectivity index (χ1) is 9.33. The predicted octanol–water partition coefficient (Wildman–Crippen LogP) is 2.70. The highest BCUT2D eigenvalue weighted by Gasteiger charge is 2.38. The number of anilines is 1. The standard InChI is InChI=1S/C15H19NO4/c1-15(2,3)20-14(18)16-9-11(13(17)19-4)10-7-5-6-8-12(10)16/h5-8,11H,9H2,1-4H3/t11-/m1/s1. The molecule has 0 saturated carbocycles. The van der Waals surface area contributed by atoms with Crippen molar-refractivity contribution in [3.63, 3.8) is 0 Å². The summed E-state index contributed by atoms with van der Waals surface area (Å²) in [6.07, 6.45) is -0.448. The molecule has 0 saturated heterocycles. The highest BCUT2D eigenvalue weighted by Crippen LogP contribution is 2.37. The number of fused-ring (bicyclic) bond motifs is 1. The minimum absolute atomic E-state index is 0.251. The van der Waals surface area contributed by atoms with Crippen molar-refractivity contribution in [1.82, 2.24) is 0 Å². The van der Waals surface area contributed by atoms with Crippen LogP contribution in [0, 0.1) is 0 Å². The first-order valence-corrected chi connectivity index (χ1v) is 6.51. The maximum Gasteiger partial charge on any atom is 0.414 e. The minimum atomic E-state index is -0.574. The zero-order valence-electron chi connectivity index (χ0n) is 12.2. The van der Waals surface area contributed by atoms with E-state index in [2.05, 4.69) is 0 Å². The third-order valence-corrected chi connectivity index (χ3v) is 3.07.